The molecule has 0 bridgehead atoms. The van der Waals surface area contributed by atoms with Crippen LogP contribution >= 0.6 is 23.2 Å². The lowest BCUT2D eigenvalue weighted by atomic mass is 10.3. The fourth-order valence-corrected chi connectivity index (χ4v) is 4.83. The van der Waals surface area contributed by atoms with Gasteiger partial charge in [0.15, 0.2) is 5.82 Å². The highest BCUT2D eigenvalue weighted by atomic mass is 35.5. The van der Waals surface area contributed by atoms with E-state index in [4.69, 9.17) is 33.7 Å². The summed E-state index contributed by atoms with van der Waals surface area (Å²) < 4.78 is 33.8. The summed E-state index contributed by atoms with van der Waals surface area (Å²) in [6.45, 7) is 2.05. The lowest BCUT2D eigenvalue weighted by Crippen LogP contribution is -2.35. The fraction of sp³-hybridized carbons (Fsp3) is 0.261. The molecule has 0 amide bonds. The molecule has 0 spiro atoms. The van der Waals surface area contributed by atoms with Crippen molar-refractivity contribution in [3.8, 4) is 0 Å². The molecule has 0 aliphatic heterocycles. The monoisotopic (exact) mass is 523 g/mol. The highest BCUT2D eigenvalue weighted by Crippen LogP contribution is 2.29. The van der Waals surface area contributed by atoms with Crippen molar-refractivity contribution in [3.63, 3.8) is 0 Å². The van der Waals surface area contributed by atoms with Crippen LogP contribution in [0.5, 0.6) is 0 Å². The topological polar surface area (TPSA) is 110 Å². The molecule has 0 saturated carbocycles. The number of nitrogens with zero attached hydrogens (tertiary/aromatic N) is 2. The molecule has 182 valence electrons. The number of halogens is 2. The van der Waals surface area contributed by atoms with Crippen molar-refractivity contribution < 1.29 is 13.2 Å². The number of sulfonamides is 1. The minimum absolute atomic E-state index is 0.0916. The summed E-state index contributed by atoms with van der Waals surface area (Å²) in [7, 11) is -3.90. The summed E-state index contributed by atoms with van der Waals surface area (Å²) in [6, 6.07) is 16.8. The zero-order valence-corrected chi connectivity index (χ0v) is 20.8. The summed E-state index contributed by atoms with van der Waals surface area (Å²) in [6.07, 6.45) is 1.61. The van der Waals surface area contributed by atoms with Crippen LogP contribution in [0, 0.1) is 0 Å². The van der Waals surface area contributed by atoms with Gasteiger partial charge in [-0.2, -0.15) is 0 Å². The molecule has 0 unspecified atom stereocenters. The number of hydrogen-bond acceptors (Lipinski definition) is 7. The van der Waals surface area contributed by atoms with Gasteiger partial charge in [-0.1, -0.05) is 23.2 Å². The van der Waals surface area contributed by atoms with Crippen molar-refractivity contribution in [2.45, 2.75) is 4.90 Å². The van der Waals surface area contributed by atoms with E-state index in [9.17, 15) is 8.42 Å². The van der Waals surface area contributed by atoms with E-state index in [1.165, 1.54) is 16.4 Å². The SMILES string of the molecule is NCCOCCN(c1cccnc1NCCNc1ccc(Cl)cc1)S(=O)(=O)c1ccc(Cl)cc1. The van der Waals surface area contributed by atoms with Crippen LogP contribution in [-0.4, -0.2) is 52.8 Å². The van der Waals surface area contributed by atoms with Crippen LogP contribution in [0.3, 0.4) is 0 Å². The first-order valence-corrected chi connectivity index (χ1v) is 12.9. The van der Waals surface area contributed by atoms with Gasteiger partial charge in [0, 0.05) is 41.6 Å². The summed E-state index contributed by atoms with van der Waals surface area (Å²) in [4.78, 5) is 4.50. The maximum atomic E-state index is 13.5. The maximum Gasteiger partial charge on any atom is 0.264 e. The summed E-state index contributed by atoms with van der Waals surface area (Å²) in [5.74, 6) is 0.441. The molecule has 0 saturated heterocycles. The van der Waals surface area contributed by atoms with Gasteiger partial charge in [0.25, 0.3) is 10.0 Å². The lowest BCUT2D eigenvalue weighted by Gasteiger charge is -2.26. The van der Waals surface area contributed by atoms with Crippen molar-refractivity contribution in [3.05, 3.63) is 76.9 Å². The molecule has 0 atom stereocenters. The number of nitrogens with one attached hydrogen (secondary N) is 2. The summed E-state index contributed by atoms with van der Waals surface area (Å²) in [5, 5.41) is 7.62. The molecule has 0 fully saturated rings. The standard InChI is InChI=1S/C23H27Cl2N5O3S/c24-18-3-7-20(8-4-18)27-13-14-29-23-22(2-1-12-28-23)30(15-17-33-16-11-26)34(31,32)21-9-5-19(25)6-10-21/h1-10,12,27H,11,13-17,26H2,(H,28,29). The minimum Gasteiger partial charge on any atom is -0.383 e. The van der Waals surface area contributed by atoms with Crippen LogP contribution < -0.4 is 20.7 Å². The fourth-order valence-electron chi connectivity index (χ4n) is 3.13. The van der Waals surface area contributed by atoms with Crippen LogP contribution in [0.1, 0.15) is 0 Å². The summed E-state index contributed by atoms with van der Waals surface area (Å²) >= 11 is 11.9. The number of anilines is 3. The third-order valence-corrected chi connectivity index (χ3v) is 7.08. The number of aromatic nitrogens is 1. The zero-order valence-electron chi connectivity index (χ0n) is 18.5. The average molecular weight is 524 g/mol. The van der Waals surface area contributed by atoms with Crippen molar-refractivity contribution in [2.75, 3.05) is 54.3 Å². The first kappa shape index (κ1) is 26.1. The Bertz CT molecular complexity index is 1150. The van der Waals surface area contributed by atoms with Crippen LogP contribution in [0.2, 0.25) is 10.0 Å². The maximum absolute atomic E-state index is 13.5. The number of hydrogen-bond donors (Lipinski definition) is 3. The summed E-state index contributed by atoms with van der Waals surface area (Å²) in [5.41, 5.74) is 6.83. The molecule has 11 heteroatoms. The van der Waals surface area contributed by atoms with E-state index in [-0.39, 0.29) is 18.0 Å². The van der Waals surface area contributed by atoms with Gasteiger partial charge in [-0.3, -0.25) is 4.31 Å². The van der Waals surface area contributed by atoms with Crippen molar-refractivity contribution in [1.29, 1.82) is 0 Å². The van der Waals surface area contributed by atoms with Crippen molar-refractivity contribution in [1.82, 2.24) is 4.98 Å². The van der Waals surface area contributed by atoms with Gasteiger partial charge in [-0.15, -0.1) is 0 Å². The molecule has 0 radical (unpaired) electrons. The van der Waals surface area contributed by atoms with Crippen LogP contribution in [0.4, 0.5) is 17.2 Å². The van der Waals surface area contributed by atoms with Gasteiger partial charge in [0.2, 0.25) is 0 Å². The van der Waals surface area contributed by atoms with Gasteiger partial charge < -0.3 is 21.1 Å². The van der Waals surface area contributed by atoms with Gasteiger partial charge in [0.05, 0.1) is 30.3 Å². The lowest BCUT2D eigenvalue weighted by molar-refractivity contribution is 0.149. The number of nitrogens with two attached hydrogens (primary N) is 1. The number of rotatable bonds is 13. The number of ether oxygens (including phenoxy) is 1. The Morgan fingerprint density at radius 1 is 0.912 bits per heavy atom. The molecule has 0 aliphatic rings. The highest BCUT2D eigenvalue weighted by Gasteiger charge is 2.27. The van der Waals surface area contributed by atoms with E-state index >= 15 is 0 Å². The van der Waals surface area contributed by atoms with E-state index in [0.717, 1.165) is 5.69 Å². The molecule has 1 aromatic heterocycles. The molecular formula is C23H27Cl2N5O3S. The third kappa shape index (κ3) is 7.22. The molecule has 8 nitrogen and oxygen atoms in total. The normalized spacial score (nSPS) is 11.3. The molecular weight excluding hydrogens is 497 g/mol. The van der Waals surface area contributed by atoms with E-state index in [1.54, 1.807) is 42.6 Å². The van der Waals surface area contributed by atoms with Crippen LogP contribution in [-0.2, 0) is 14.8 Å². The second-order valence-corrected chi connectivity index (χ2v) is 9.90. The Morgan fingerprint density at radius 2 is 1.56 bits per heavy atom. The first-order valence-electron chi connectivity index (χ1n) is 10.7. The minimum atomic E-state index is -3.90. The van der Waals surface area contributed by atoms with Gasteiger partial charge >= 0.3 is 0 Å². The molecule has 34 heavy (non-hydrogen) atoms. The number of benzene rings is 2. The second kappa shape index (κ2) is 12.8. The molecule has 0 aliphatic carbocycles. The molecule has 3 aromatic rings. The van der Waals surface area contributed by atoms with E-state index in [0.29, 0.717) is 47.8 Å². The number of pyridine rings is 1. The van der Waals surface area contributed by atoms with E-state index < -0.39 is 10.0 Å². The Balaban J connectivity index is 1.78. The Labute approximate surface area is 210 Å². The Hall–Kier alpha value is -2.56. The molecule has 2 aromatic carbocycles. The molecule has 4 N–H and O–H groups in total. The van der Waals surface area contributed by atoms with Crippen molar-refractivity contribution in [2.24, 2.45) is 5.73 Å². The van der Waals surface area contributed by atoms with Gasteiger partial charge in [0.1, 0.15) is 0 Å². The van der Waals surface area contributed by atoms with E-state index in [2.05, 4.69) is 15.6 Å². The largest absolute Gasteiger partial charge is 0.383 e. The first-order chi connectivity index (χ1) is 16.4. The quantitative estimate of drug-likeness (QED) is 0.289. The predicted octanol–water partition coefficient (Wildman–Crippen LogP) is 4.08. The van der Waals surface area contributed by atoms with Crippen molar-refractivity contribution >= 4 is 50.4 Å². The molecule has 1 heterocycles. The van der Waals surface area contributed by atoms with Gasteiger partial charge in [-0.05, 0) is 60.7 Å². The van der Waals surface area contributed by atoms with Gasteiger partial charge in [-0.25, -0.2) is 13.4 Å². The van der Waals surface area contributed by atoms with E-state index in [1.807, 2.05) is 12.1 Å². The smallest absolute Gasteiger partial charge is 0.264 e. The van der Waals surface area contributed by atoms with Crippen LogP contribution in [0.25, 0.3) is 0 Å². The Kier molecular flexibility index (Phi) is 9.79. The Morgan fingerprint density at radius 3 is 2.24 bits per heavy atom. The zero-order chi connectivity index (χ0) is 24.4. The molecule has 3 rings (SSSR count). The second-order valence-electron chi connectivity index (χ2n) is 7.16. The van der Waals surface area contributed by atoms with Crippen LogP contribution in [0.15, 0.2) is 71.8 Å². The average Bonchev–Trinajstić information content (AvgIpc) is 2.83. The predicted molar refractivity (Wildman–Crippen MR) is 139 cm³/mol. The highest BCUT2D eigenvalue weighted by molar-refractivity contribution is 7.92. The third-order valence-electron chi connectivity index (χ3n) is 4.75.